The average molecular weight is 379 g/mol. The fourth-order valence-corrected chi connectivity index (χ4v) is 3.95. The summed E-state index contributed by atoms with van der Waals surface area (Å²) < 4.78 is 7.39. The third-order valence-corrected chi connectivity index (χ3v) is 5.58. The summed E-state index contributed by atoms with van der Waals surface area (Å²) in [4.78, 5) is 19.4. The van der Waals surface area contributed by atoms with Crippen molar-refractivity contribution in [2.45, 2.75) is 45.6 Å². The Hall–Kier alpha value is -2.96. The number of carbonyl (C=O) groups is 1. The van der Waals surface area contributed by atoms with E-state index in [1.54, 1.807) is 0 Å². The van der Waals surface area contributed by atoms with Crippen molar-refractivity contribution < 1.29 is 9.32 Å². The quantitative estimate of drug-likeness (QED) is 0.679. The Labute approximate surface area is 164 Å². The molecule has 0 spiro atoms. The molecule has 1 aromatic carbocycles. The number of nitrogens with zero attached hydrogens (tertiary/aromatic N) is 5. The number of carbonyl (C=O) groups excluding carboxylic acids is 1. The lowest BCUT2D eigenvalue weighted by molar-refractivity contribution is -0.132. The molecule has 7 nitrogen and oxygen atoms in total. The van der Waals surface area contributed by atoms with Gasteiger partial charge in [-0.05, 0) is 38.7 Å². The van der Waals surface area contributed by atoms with Crippen LogP contribution in [0.5, 0.6) is 0 Å². The van der Waals surface area contributed by atoms with E-state index in [9.17, 15) is 4.79 Å². The SMILES string of the molecule is Cc1nn(C)c(C)c1CCC(=O)N1CCC[C@H]1c1nc(-c2ccccc2)no1. The van der Waals surface area contributed by atoms with Crippen molar-refractivity contribution in [2.24, 2.45) is 7.05 Å². The van der Waals surface area contributed by atoms with Gasteiger partial charge in [-0.15, -0.1) is 0 Å². The van der Waals surface area contributed by atoms with Crippen molar-refractivity contribution in [1.82, 2.24) is 24.8 Å². The van der Waals surface area contributed by atoms with Gasteiger partial charge in [0.05, 0.1) is 5.69 Å². The van der Waals surface area contributed by atoms with E-state index >= 15 is 0 Å². The van der Waals surface area contributed by atoms with Gasteiger partial charge in [-0.25, -0.2) is 0 Å². The zero-order valence-corrected chi connectivity index (χ0v) is 16.6. The first-order valence-electron chi connectivity index (χ1n) is 9.72. The molecule has 3 aromatic rings. The number of hydrogen-bond acceptors (Lipinski definition) is 5. The van der Waals surface area contributed by atoms with Gasteiger partial charge in [0.2, 0.25) is 17.6 Å². The molecule has 1 fully saturated rings. The number of aromatic nitrogens is 4. The molecule has 1 saturated heterocycles. The van der Waals surface area contributed by atoms with Gasteiger partial charge in [0, 0.05) is 31.3 Å². The molecule has 0 N–H and O–H groups in total. The third-order valence-electron chi connectivity index (χ3n) is 5.58. The summed E-state index contributed by atoms with van der Waals surface area (Å²) in [7, 11) is 1.93. The lowest BCUT2D eigenvalue weighted by Crippen LogP contribution is -2.31. The summed E-state index contributed by atoms with van der Waals surface area (Å²) in [5.74, 6) is 1.22. The lowest BCUT2D eigenvalue weighted by Gasteiger charge is -2.21. The maximum Gasteiger partial charge on any atom is 0.249 e. The molecule has 1 aliphatic heterocycles. The standard InChI is InChI=1S/C21H25N5O2/c1-14-17(15(2)25(3)23-14)11-12-19(27)26-13-7-10-18(26)21-22-20(24-28-21)16-8-5-4-6-9-16/h4-6,8-9,18H,7,10-13H2,1-3H3/t18-/m0/s1. The molecule has 146 valence electrons. The van der Waals surface area contributed by atoms with Gasteiger partial charge in [-0.1, -0.05) is 35.5 Å². The highest BCUT2D eigenvalue weighted by atomic mass is 16.5. The van der Waals surface area contributed by atoms with Gasteiger partial charge in [-0.3, -0.25) is 9.48 Å². The van der Waals surface area contributed by atoms with E-state index < -0.39 is 0 Å². The van der Waals surface area contributed by atoms with E-state index in [1.807, 2.05) is 60.8 Å². The van der Waals surface area contributed by atoms with Gasteiger partial charge in [-0.2, -0.15) is 10.1 Å². The average Bonchev–Trinajstić information content (AvgIpc) is 3.41. The monoisotopic (exact) mass is 379 g/mol. The minimum atomic E-state index is -0.131. The van der Waals surface area contributed by atoms with Crippen LogP contribution >= 0.6 is 0 Å². The Balaban J connectivity index is 1.46. The van der Waals surface area contributed by atoms with Crippen LogP contribution in [-0.2, 0) is 18.3 Å². The Morgan fingerprint density at radius 2 is 2.04 bits per heavy atom. The second-order valence-electron chi connectivity index (χ2n) is 7.34. The van der Waals surface area contributed by atoms with Crippen LogP contribution in [0.15, 0.2) is 34.9 Å². The number of benzene rings is 1. The van der Waals surface area contributed by atoms with E-state index in [1.165, 1.54) is 0 Å². The number of likely N-dealkylation sites (tertiary alicyclic amines) is 1. The predicted molar refractivity (Wildman–Crippen MR) is 104 cm³/mol. The predicted octanol–water partition coefficient (Wildman–Crippen LogP) is 3.38. The molecule has 0 bridgehead atoms. The first-order chi connectivity index (χ1) is 13.5. The van der Waals surface area contributed by atoms with Crippen LogP contribution in [0, 0.1) is 13.8 Å². The Kier molecular flexibility index (Phi) is 4.98. The molecule has 0 saturated carbocycles. The molecular formula is C21H25N5O2. The number of rotatable bonds is 5. The van der Waals surface area contributed by atoms with Gasteiger partial charge in [0.1, 0.15) is 6.04 Å². The van der Waals surface area contributed by atoms with E-state index in [0.717, 1.165) is 41.9 Å². The first-order valence-corrected chi connectivity index (χ1v) is 9.72. The molecule has 1 amide bonds. The van der Waals surface area contributed by atoms with Crippen molar-refractivity contribution in [3.63, 3.8) is 0 Å². The van der Waals surface area contributed by atoms with Crippen LogP contribution in [-0.4, -0.2) is 37.3 Å². The maximum absolute atomic E-state index is 12.9. The van der Waals surface area contributed by atoms with Crippen LogP contribution < -0.4 is 0 Å². The van der Waals surface area contributed by atoms with E-state index in [0.29, 0.717) is 24.6 Å². The molecule has 1 atom stereocenters. The minimum absolute atomic E-state index is 0.129. The summed E-state index contributed by atoms with van der Waals surface area (Å²) in [5.41, 5.74) is 4.19. The number of hydrogen-bond donors (Lipinski definition) is 0. The third kappa shape index (κ3) is 3.44. The van der Waals surface area contributed by atoms with Gasteiger partial charge in [0.25, 0.3) is 0 Å². The molecule has 0 unspecified atom stereocenters. The van der Waals surface area contributed by atoms with E-state index in [4.69, 9.17) is 4.52 Å². The lowest BCUT2D eigenvalue weighted by atomic mass is 10.1. The second-order valence-corrected chi connectivity index (χ2v) is 7.34. The second kappa shape index (κ2) is 7.58. The van der Waals surface area contributed by atoms with Crippen molar-refractivity contribution in [3.8, 4) is 11.4 Å². The fourth-order valence-electron chi connectivity index (χ4n) is 3.95. The summed E-state index contributed by atoms with van der Waals surface area (Å²) >= 11 is 0. The topological polar surface area (TPSA) is 77.1 Å². The molecule has 28 heavy (non-hydrogen) atoms. The summed E-state index contributed by atoms with van der Waals surface area (Å²) in [5, 5.41) is 8.55. The van der Waals surface area contributed by atoms with Gasteiger partial charge >= 0.3 is 0 Å². The fraction of sp³-hybridized carbons (Fsp3) is 0.429. The highest BCUT2D eigenvalue weighted by Gasteiger charge is 2.34. The molecule has 2 aromatic heterocycles. The van der Waals surface area contributed by atoms with E-state index in [-0.39, 0.29) is 11.9 Å². The van der Waals surface area contributed by atoms with Crippen LogP contribution in [0.3, 0.4) is 0 Å². The van der Waals surface area contributed by atoms with E-state index in [2.05, 4.69) is 15.2 Å². The molecule has 3 heterocycles. The Morgan fingerprint density at radius 1 is 1.25 bits per heavy atom. The first kappa shape index (κ1) is 18.4. The van der Waals surface area contributed by atoms with Crippen LogP contribution in [0.4, 0.5) is 0 Å². The smallest absolute Gasteiger partial charge is 0.249 e. The Morgan fingerprint density at radius 3 is 2.75 bits per heavy atom. The largest absolute Gasteiger partial charge is 0.337 e. The normalized spacial score (nSPS) is 16.7. The van der Waals surface area contributed by atoms with Crippen molar-refractivity contribution >= 4 is 5.91 Å². The minimum Gasteiger partial charge on any atom is -0.337 e. The van der Waals surface area contributed by atoms with Crippen LogP contribution in [0.2, 0.25) is 0 Å². The number of aryl methyl sites for hydroxylation is 2. The molecule has 4 rings (SSSR count). The highest BCUT2D eigenvalue weighted by Crippen LogP contribution is 2.32. The van der Waals surface area contributed by atoms with Crippen LogP contribution in [0.25, 0.3) is 11.4 Å². The van der Waals surface area contributed by atoms with Gasteiger partial charge < -0.3 is 9.42 Å². The maximum atomic E-state index is 12.9. The summed E-state index contributed by atoms with van der Waals surface area (Å²) in [6.07, 6.45) is 2.97. The zero-order valence-electron chi connectivity index (χ0n) is 16.6. The van der Waals surface area contributed by atoms with Crippen molar-refractivity contribution in [3.05, 3.63) is 53.2 Å². The molecular weight excluding hydrogens is 354 g/mol. The summed E-state index contributed by atoms with van der Waals surface area (Å²) in [6, 6.07) is 9.61. The molecule has 0 aliphatic carbocycles. The molecule has 7 heteroatoms. The Bertz CT molecular complexity index is 976. The number of amides is 1. The van der Waals surface area contributed by atoms with Crippen molar-refractivity contribution in [2.75, 3.05) is 6.54 Å². The molecule has 0 radical (unpaired) electrons. The summed E-state index contributed by atoms with van der Waals surface area (Å²) in [6.45, 7) is 4.77. The van der Waals surface area contributed by atoms with Crippen molar-refractivity contribution in [1.29, 1.82) is 0 Å². The molecule has 1 aliphatic rings. The highest BCUT2D eigenvalue weighted by molar-refractivity contribution is 5.77. The van der Waals surface area contributed by atoms with Gasteiger partial charge in [0.15, 0.2) is 0 Å². The van der Waals surface area contributed by atoms with Crippen LogP contribution in [0.1, 0.15) is 48.1 Å². The zero-order chi connectivity index (χ0) is 19.7.